The van der Waals surface area contributed by atoms with Gasteiger partial charge in [0, 0.05) is 17.1 Å². The lowest BCUT2D eigenvalue weighted by Gasteiger charge is -2.39. The summed E-state index contributed by atoms with van der Waals surface area (Å²) in [6.45, 7) is 2.13. The second-order valence-electron chi connectivity index (χ2n) is 7.27. The molecule has 0 saturated heterocycles. The van der Waals surface area contributed by atoms with Crippen molar-refractivity contribution in [3.63, 3.8) is 0 Å². The molecular weight excluding hydrogens is 326 g/mol. The minimum atomic E-state index is -0.569. The fourth-order valence-corrected chi connectivity index (χ4v) is 4.55. The molecule has 1 amide bonds. The molecule has 128 valence electrons. The fourth-order valence-electron chi connectivity index (χ4n) is 4.55. The molecule has 1 N–H and O–H groups in total. The summed E-state index contributed by atoms with van der Waals surface area (Å²) < 4.78 is 0. The van der Waals surface area contributed by atoms with Crippen LogP contribution in [0.3, 0.4) is 0 Å². The molecule has 3 aromatic rings. The Labute approximate surface area is 150 Å². The highest BCUT2D eigenvalue weighted by Crippen LogP contribution is 2.49. The van der Waals surface area contributed by atoms with Gasteiger partial charge in [0.25, 0.3) is 0 Å². The van der Waals surface area contributed by atoms with Crippen LogP contribution in [0.5, 0.6) is 0 Å². The zero-order valence-electron chi connectivity index (χ0n) is 14.3. The van der Waals surface area contributed by atoms with Crippen molar-refractivity contribution in [2.45, 2.75) is 25.2 Å². The lowest BCUT2D eigenvalue weighted by atomic mass is 9.62. The van der Waals surface area contributed by atoms with E-state index in [0.717, 1.165) is 29.2 Å². The van der Waals surface area contributed by atoms with Gasteiger partial charge in [-0.2, -0.15) is 0 Å². The standard InChI is InChI=1S/C21H17N3O2/c1-12-7-14-9-18-13(4-5-16(11-25)23-18)8-15(14)10-21(12)17-3-2-6-22-19(17)24-20(21)26/h2-6,8-9,11-12H,7,10H2,1H3,(H,22,24,26). The highest BCUT2D eigenvalue weighted by molar-refractivity contribution is 6.06. The molecule has 2 aromatic heterocycles. The van der Waals surface area contributed by atoms with Gasteiger partial charge in [-0.15, -0.1) is 0 Å². The van der Waals surface area contributed by atoms with E-state index < -0.39 is 5.41 Å². The molecule has 1 aromatic carbocycles. The third-order valence-corrected chi connectivity index (χ3v) is 5.91. The summed E-state index contributed by atoms with van der Waals surface area (Å²) in [5.41, 5.74) is 4.07. The number of fused-ring (bicyclic) bond motifs is 4. The lowest BCUT2D eigenvalue weighted by Crippen LogP contribution is -2.46. The molecule has 26 heavy (non-hydrogen) atoms. The van der Waals surface area contributed by atoms with Crippen LogP contribution >= 0.6 is 0 Å². The van der Waals surface area contributed by atoms with E-state index in [-0.39, 0.29) is 11.8 Å². The smallest absolute Gasteiger partial charge is 0.236 e. The van der Waals surface area contributed by atoms with E-state index >= 15 is 0 Å². The summed E-state index contributed by atoms with van der Waals surface area (Å²) in [7, 11) is 0. The maximum Gasteiger partial charge on any atom is 0.236 e. The number of nitrogens with zero attached hydrogens (tertiary/aromatic N) is 2. The number of aromatic nitrogens is 2. The molecule has 2 atom stereocenters. The molecular formula is C21H17N3O2. The van der Waals surface area contributed by atoms with E-state index in [1.165, 1.54) is 11.1 Å². The molecule has 5 heteroatoms. The summed E-state index contributed by atoms with van der Waals surface area (Å²) in [4.78, 5) is 32.7. The van der Waals surface area contributed by atoms with Crippen LogP contribution in [0.15, 0.2) is 42.6 Å². The van der Waals surface area contributed by atoms with E-state index in [1.807, 2.05) is 18.2 Å². The maximum atomic E-state index is 13.0. The molecule has 5 rings (SSSR count). The molecule has 1 spiro atoms. The summed E-state index contributed by atoms with van der Waals surface area (Å²) >= 11 is 0. The third-order valence-electron chi connectivity index (χ3n) is 5.91. The van der Waals surface area contributed by atoms with Crippen LogP contribution in [0.25, 0.3) is 10.9 Å². The van der Waals surface area contributed by atoms with Gasteiger partial charge >= 0.3 is 0 Å². The second-order valence-corrected chi connectivity index (χ2v) is 7.27. The zero-order chi connectivity index (χ0) is 17.9. The molecule has 2 aliphatic rings. The minimum absolute atomic E-state index is 0.0406. The maximum absolute atomic E-state index is 13.0. The molecule has 1 aliphatic carbocycles. The van der Waals surface area contributed by atoms with Gasteiger partial charge in [-0.3, -0.25) is 9.59 Å². The number of amides is 1. The number of hydrogen-bond donors (Lipinski definition) is 1. The largest absolute Gasteiger partial charge is 0.310 e. The van der Waals surface area contributed by atoms with Crippen LogP contribution in [0, 0.1) is 5.92 Å². The van der Waals surface area contributed by atoms with E-state index in [1.54, 1.807) is 12.3 Å². The number of anilines is 1. The Hall–Kier alpha value is -3.08. The van der Waals surface area contributed by atoms with Crippen molar-refractivity contribution in [3.8, 4) is 0 Å². The summed E-state index contributed by atoms with van der Waals surface area (Å²) in [6, 6.07) is 11.7. The highest BCUT2D eigenvalue weighted by Gasteiger charge is 2.53. The number of rotatable bonds is 1. The van der Waals surface area contributed by atoms with Gasteiger partial charge in [-0.05, 0) is 54.2 Å². The minimum Gasteiger partial charge on any atom is -0.310 e. The first kappa shape index (κ1) is 15.2. The molecule has 0 fully saturated rings. The van der Waals surface area contributed by atoms with E-state index in [2.05, 4.69) is 34.3 Å². The lowest BCUT2D eigenvalue weighted by molar-refractivity contribution is -0.122. The van der Waals surface area contributed by atoms with E-state index in [0.29, 0.717) is 17.9 Å². The third kappa shape index (κ3) is 1.91. The van der Waals surface area contributed by atoms with Gasteiger partial charge in [0.2, 0.25) is 5.91 Å². The number of nitrogens with one attached hydrogen (secondary N) is 1. The quantitative estimate of drug-likeness (QED) is 0.689. The zero-order valence-corrected chi connectivity index (χ0v) is 14.3. The van der Waals surface area contributed by atoms with Gasteiger partial charge in [-0.25, -0.2) is 9.97 Å². The van der Waals surface area contributed by atoms with E-state index in [9.17, 15) is 9.59 Å². The van der Waals surface area contributed by atoms with Crippen LogP contribution in [0.1, 0.15) is 34.1 Å². The number of hydrogen-bond acceptors (Lipinski definition) is 4. The second kappa shape index (κ2) is 5.21. The van der Waals surface area contributed by atoms with Crippen LogP contribution in [-0.4, -0.2) is 22.2 Å². The van der Waals surface area contributed by atoms with Gasteiger partial charge in [0.1, 0.15) is 11.5 Å². The Bertz CT molecular complexity index is 1090. The first-order valence-electron chi connectivity index (χ1n) is 8.76. The first-order chi connectivity index (χ1) is 12.6. The molecule has 0 radical (unpaired) electrons. The molecule has 0 bridgehead atoms. The summed E-state index contributed by atoms with van der Waals surface area (Å²) in [5, 5.41) is 3.96. The average molecular weight is 343 g/mol. The summed E-state index contributed by atoms with van der Waals surface area (Å²) in [6.07, 6.45) is 3.92. The Morgan fingerprint density at radius 3 is 2.96 bits per heavy atom. The Morgan fingerprint density at radius 2 is 2.12 bits per heavy atom. The highest BCUT2D eigenvalue weighted by atomic mass is 16.2. The molecule has 3 heterocycles. The molecule has 5 nitrogen and oxygen atoms in total. The topological polar surface area (TPSA) is 72.0 Å². The van der Waals surface area contributed by atoms with Gasteiger partial charge in [-0.1, -0.05) is 19.1 Å². The number of benzene rings is 1. The number of aldehydes is 1. The summed E-state index contributed by atoms with van der Waals surface area (Å²) in [5.74, 6) is 0.872. The van der Waals surface area contributed by atoms with Gasteiger partial charge in [0.05, 0.1) is 10.9 Å². The van der Waals surface area contributed by atoms with Crippen molar-refractivity contribution in [2.24, 2.45) is 5.92 Å². The van der Waals surface area contributed by atoms with Crippen molar-refractivity contribution in [2.75, 3.05) is 5.32 Å². The number of carbonyl (C=O) groups excluding carboxylic acids is 2. The normalized spacial score (nSPS) is 23.6. The van der Waals surface area contributed by atoms with Crippen LogP contribution < -0.4 is 5.32 Å². The predicted molar refractivity (Wildman–Crippen MR) is 98.2 cm³/mol. The number of pyridine rings is 2. The van der Waals surface area contributed by atoms with Crippen LogP contribution in [0.2, 0.25) is 0 Å². The Balaban J connectivity index is 1.68. The monoisotopic (exact) mass is 343 g/mol. The van der Waals surface area contributed by atoms with Crippen LogP contribution in [-0.2, 0) is 23.1 Å². The van der Waals surface area contributed by atoms with Crippen LogP contribution in [0.4, 0.5) is 5.82 Å². The Morgan fingerprint density at radius 1 is 1.23 bits per heavy atom. The SMILES string of the molecule is CC1Cc2cc3nc(C=O)ccc3cc2CC12C(=O)Nc1ncccc12. The van der Waals surface area contributed by atoms with E-state index in [4.69, 9.17) is 0 Å². The van der Waals surface area contributed by atoms with Crippen molar-refractivity contribution in [1.82, 2.24) is 9.97 Å². The fraction of sp³-hybridized carbons (Fsp3) is 0.238. The van der Waals surface area contributed by atoms with Gasteiger partial charge in [0.15, 0.2) is 6.29 Å². The van der Waals surface area contributed by atoms with Gasteiger partial charge < -0.3 is 5.32 Å². The Kier molecular flexibility index (Phi) is 3.04. The first-order valence-corrected chi connectivity index (χ1v) is 8.76. The van der Waals surface area contributed by atoms with Crippen molar-refractivity contribution >= 4 is 28.9 Å². The predicted octanol–water partition coefficient (Wildman–Crippen LogP) is 3.07. The van der Waals surface area contributed by atoms with Crippen molar-refractivity contribution in [3.05, 3.63) is 65.0 Å². The van der Waals surface area contributed by atoms with Crippen molar-refractivity contribution < 1.29 is 9.59 Å². The van der Waals surface area contributed by atoms with Crippen molar-refractivity contribution in [1.29, 1.82) is 0 Å². The molecule has 0 saturated carbocycles. The number of carbonyl (C=O) groups is 2. The molecule has 2 unspecified atom stereocenters. The molecule has 1 aliphatic heterocycles. The average Bonchev–Trinajstić information content (AvgIpc) is 2.93.